The molecule has 5 heteroatoms. The van der Waals surface area contributed by atoms with Crippen LogP contribution in [0.25, 0.3) is 10.1 Å². The quantitative estimate of drug-likeness (QED) is 0.804. The highest BCUT2D eigenvalue weighted by atomic mass is 32.1. The van der Waals surface area contributed by atoms with Crippen molar-refractivity contribution in [3.63, 3.8) is 0 Å². The van der Waals surface area contributed by atoms with E-state index in [1.54, 1.807) is 13.0 Å². The molecule has 0 atom stereocenters. The summed E-state index contributed by atoms with van der Waals surface area (Å²) in [6.45, 7) is 6.17. The van der Waals surface area contributed by atoms with Crippen LogP contribution in [0.4, 0.5) is 4.39 Å². The molecule has 0 fully saturated rings. The van der Waals surface area contributed by atoms with E-state index in [0.29, 0.717) is 16.8 Å². The van der Waals surface area contributed by atoms with Crippen LogP contribution in [0.3, 0.4) is 0 Å². The van der Waals surface area contributed by atoms with Crippen molar-refractivity contribution in [3.05, 3.63) is 34.5 Å². The molecule has 1 aromatic carbocycles. The lowest BCUT2D eigenvalue weighted by atomic mass is 10.1. The fraction of sp³-hybridized carbons (Fsp3) is 0.400. The van der Waals surface area contributed by atoms with E-state index >= 15 is 0 Å². The summed E-state index contributed by atoms with van der Waals surface area (Å²) >= 11 is 1.34. The predicted molar refractivity (Wildman–Crippen MR) is 82.0 cm³/mol. The molecule has 1 amide bonds. The van der Waals surface area contributed by atoms with Gasteiger partial charge < -0.3 is 10.6 Å². The van der Waals surface area contributed by atoms with Gasteiger partial charge >= 0.3 is 0 Å². The average Bonchev–Trinajstić information content (AvgIpc) is 2.77. The Morgan fingerprint density at radius 3 is 2.80 bits per heavy atom. The van der Waals surface area contributed by atoms with Crippen LogP contribution < -0.4 is 10.6 Å². The first kappa shape index (κ1) is 14.9. The molecule has 1 heterocycles. The minimum Gasteiger partial charge on any atom is -0.350 e. The number of aryl methyl sites for hydroxylation is 1. The number of fused-ring (bicyclic) bond motifs is 1. The van der Waals surface area contributed by atoms with E-state index in [4.69, 9.17) is 0 Å². The standard InChI is InChI=1S/C15H19FN2OS/c1-3-7-17-8-9-18-15(19)14-10(2)13-11(16)5-4-6-12(13)20-14/h4-6,17H,3,7-9H2,1-2H3,(H,18,19). The lowest BCUT2D eigenvalue weighted by Crippen LogP contribution is -2.31. The fourth-order valence-corrected chi connectivity index (χ4v) is 3.26. The van der Waals surface area contributed by atoms with E-state index in [1.165, 1.54) is 17.4 Å². The van der Waals surface area contributed by atoms with Crippen molar-refractivity contribution in [2.24, 2.45) is 0 Å². The maximum atomic E-state index is 13.8. The molecular formula is C15H19FN2OS. The molecule has 0 radical (unpaired) electrons. The number of benzene rings is 1. The van der Waals surface area contributed by atoms with Crippen LogP contribution in [0, 0.1) is 12.7 Å². The predicted octanol–water partition coefficient (Wildman–Crippen LogP) is 3.08. The summed E-state index contributed by atoms with van der Waals surface area (Å²) in [6, 6.07) is 4.94. The van der Waals surface area contributed by atoms with Gasteiger partial charge in [0.1, 0.15) is 5.82 Å². The van der Waals surface area contributed by atoms with Crippen molar-refractivity contribution in [1.82, 2.24) is 10.6 Å². The molecule has 2 N–H and O–H groups in total. The molecule has 0 aliphatic heterocycles. The molecule has 2 aromatic rings. The molecule has 1 aromatic heterocycles. The van der Waals surface area contributed by atoms with E-state index in [0.717, 1.165) is 29.8 Å². The number of halogens is 1. The van der Waals surface area contributed by atoms with Crippen LogP contribution in [0.1, 0.15) is 28.6 Å². The van der Waals surface area contributed by atoms with Gasteiger partial charge in [-0.2, -0.15) is 0 Å². The first-order valence-corrected chi connectivity index (χ1v) is 7.63. The highest BCUT2D eigenvalue weighted by Gasteiger charge is 2.17. The fourth-order valence-electron chi connectivity index (χ4n) is 2.12. The summed E-state index contributed by atoms with van der Waals surface area (Å²) < 4.78 is 14.6. The second-order valence-electron chi connectivity index (χ2n) is 4.68. The number of amides is 1. The Morgan fingerprint density at radius 1 is 1.30 bits per heavy atom. The topological polar surface area (TPSA) is 41.1 Å². The summed E-state index contributed by atoms with van der Waals surface area (Å²) in [5.41, 5.74) is 0.724. The number of hydrogen-bond acceptors (Lipinski definition) is 3. The van der Waals surface area contributed by atoms with Gasteiger partial charge in [-0.3, -0.25) is 4.79 Å². The van der Waals surface area contributed by atoms with Crippen molar-refractivity contribution >= 4 is 27.3 Å². The third kappa shape index (κ3) is 3.16. The van der Waals surface area contributed by atoms with Crippen LogP contribution in [-0.4, -0.2) is 25.5 Å². The highest BCUT2D eigenvalue weighted by Crippen LogP contribution is 2.32. The molecule has 2 rings (SSSR count). The molecule has 108 valence electrons. The number of carbonyl (C=O) groups excluding carboxylic acids is 1. The van der Waals surface area contributed by atoms with Gasteiger partial charge in [0, 0.05) is 23.2 Å². The minimum absolute atomic E-state index is 0.124. The van der Waals surface area contributed by atoms with Gasteiger partial charge in [0.25, 0.3) is 5.91 Å². The van der Waals surface area contributed by atoms with Crippen molar-refractivity contribution in [2.45, 2.75) is 20.3 Å². The maximum absolute atomic E-state index is 13.8. The van der Waals surface area contributed by atoms with E-state index < -0.39 is 0 Å². The largest absolute Gasteiger partial charge is 0.350 e. The molecule has 0 unspecified atom stereocenters. The zero-order valence-electron chi connectivity index (χ0n) is 11.8. The number of hydrogen-bond donors (Lipinski definition) is 2. The summed E-state index contributed by atoms with van der Waals surface area (Å²) in [5, 5.41) is 6.65. The molecule has 0 saturated carbocycles. The van der Waals surface area contributed by atoms with E-state index in [1.807, 2.05) is 6.07 Å². The van der Waals surface area contributed by atoms with Gasteiger partial charge in [-0.15, -0.1) is 11.3 Å². The van der Waals surface area contributed by atoms with Gasteiger partial charge in [-0.05, 0) is 37.6 Å². The van der Waals surface area contributed by atoms with Crippen LogP contribution in [0.2, 0.25) is 0 Å². The van der Waals surface area contributed by atoms with Gasteiger partial charge in [0.2, 0.25) is 0 Å². The van der Waals surface area contributed by atoms with Crippen LogP contribution in [-0.2, 0) is 0 Å². The molecule has 0 saturated heterocycles. The number of carbonyl (C=O) groups is 1. The first-order chi connectivity index (χ1) is 9.65. The zero-order valence-corrected chi connectivity index (χ0v) is 12.6. The zero-order chi connectivity index (χ0) is 14.5. The van der Waals surface area contributed by atoms with Crippen molar-refractivity contribution in [2.75, 3.05) is 19.6 Å². The number of rotatable bonds is 6. The van der Waals surface area contributed by atoms with Crippen LogP contribution >= 0.6 is 11.3 Å². The summed E-state index contributed by atoms with van der Waals surface area (Å²) in [4.78, 5) is 12.7. The Labute approximate surface area is 122 Å². The van der Waals surface area contributed by atoms with Crippen LogP contribution in [0.15, 0.2) is 18.2 Å². The van der Waals surface area contributed by atoms with Crippen molar-refractivity contribution in [1.29, 1.82) is 0 Å². The molecular weight excluding hydrogens is 275 g/mol. The Morgan fingerprint density at radius 2 is 2.10 bits per heavy atom. The Hall–Kier alpha value is -1.46. The van der Waals surface area contributed by atoms with Gasteiger partial charge in [0.15, 0.2) is 0 Å². The average molecular weight is 294 g/mol. The maximum Gasteiger partial charge on any atom is 0.261 e. The lowest BCUT2D eigenvalue weighted by molar-refractivity contribution is 0.0957. The number of thiophene rings is 1. The third-order valence-corrected chi connectivity index (χ3v) is 4.38. The molecule has 3 nitrogen and oxygen atoms in total. The Bertz CT molecular complexity index is 609. The molecule has 0 aliphatic rings. The second kappa shape index (κ2) is 6.81. The van der Waals surface area contributed by atoms with E-state index in [2.05, 4.69) is 17.6 Å². The molecule has 20 heavy (non-hydrogen) atoms. The Balaban J connectivity index is 2.07. The molecule has 0 aliphatic carbocycles. The van der Waals surface area contributed by atoms with Crippen molar-refractivity contribution < 1.29 is 9.18 Å². The third-order valence-electron chi connectivity index (χ3n) is 3.12. The first-order valence-electron chi connectivity index (χ1n) is 6.81. The van der Waals surface area contributed by atoms with Gasteiger partial charge in [-0.25, -0.2) is 4.39 Å². The van der Waals surface area contributed by atoms with Gasteiger partial charge in [-0.1, -0.05) is 13.0 Å². The van der Waals surface area contributed by atoms with Crippen LogP contribution in [0.5, 0.6) is 0 Å². The lowest BCUT2D eigenvalue weighted by Gasteiger charge is -2.05. The normalized spacial score (nSPS) is 10.9. The van der Waals surface area contributed by atoms with E-state index in [-0.39, 0.29) is 11.7 Å². The Kier molecular flexibility index (Phi) is 5.09. The molecule has 0 spiro atoms. The highest BCUT2D eigenvalue weighted by molar-refractivity contribution is 7.21. The van der Waals surface area contributed by atoms with E-state index in [9.17, 15) is 9.18 Å². The van der Waals surface area contributed by atoms with Crippen molar-refractivity contribution in [3.8, 4) is 0 Å². The SMILES string of the molecule is CCCNCCNC(=O)c1sc2cccc(F)c2c1C. The minimum atomic E-state index is -0.264. The molecule has 0 bridgehead atoms. The monoisotopic (exact) mass is 294 g/mol. The van der Waals surface area contributed by atoms with Gasteiger partial charge in [0.05, 0.1) is 4.88 Å². The summed E-state index contributed by atoms with van der Waals surface area (Å²) in [6.07, 6.45) is 1.07. The second-order valence-corrected chi connectivity index (χ2v) is 5.73. The smallest absolute Gasteiger partial charge is 0.261 e. The number of nitrogens with one attached hydrogen (secondary N) is 2. The summed E-state index contributed by atoms with van der Waals surface area (Å²) in [7, 11) is 0. The summed E-state index contributed by atoms with van der Waals surface area (Å²) in [5.74, 6) is -0.388.